The topological polar surface area (TPSA) is 39.7 Å². The van der Waals surface area contributed by atoms with Gasteiger partial charge in [0, 0.05) is 32.7 Å². The third kappa shape index (κ3) is 4.04. The first kappa shape index (κ1) is 17.4. The van der Waals surface area contributed by atoms with Gasteiger partial charge in [-0.15, -0.1) is 11.3 Å². The van der Waals surface area contributed by atoms with E-state index >= 15 is 0 Å². The first-order valence-corrected chi connectivity index (χ1v) is 10.6. The molecule has 138 valence electrons. The molecule has 2 heterocycles. The molecule has 2 aliphatic rings. The molecule has 5 heteroatoms. The summed E-state index contributed by atoms with van der Waals surface area (Å²) in [6, 6.07) is 11.8. The minimum Gasteiger partial charge on any atom is -0.363 e. The van der Waals surface area contributed by atoms with Gasteiger partial charge in [-0.25, -0.2) is 0 Å². The van der Waals surface area contributed by atoms with Gasteiger partial charge < -0.3 is 15.5 Å². The quantitative estimate of drug-likeness (QED) is 0.640. The van der Waals surface area contributed by atoms with Gasteiger partial charge in [0.1, 0.15) is 0 Å². The van der Waals surface area contributed by atoms with Gasteiger partial charge in [0.15, 0.2) is 5.96 Å². The lowest BCUT2D eigenvalue weighted by molar-refractivity contribution is 0.463. The lowest BCUT2D eigenvalue weighted by atomic mass is 10.1. The summed E-state index contributed by atoms with van der Waals surface area (Å²) < 4.78 is 0. The first-order chi connectivity index (χ1) is 12.8. The van der Waals surface area contributed by atoms with Gasteiger partial charge in [0.25, 0.3) is 0 Å². The number of aryl methyl sites for hydroxylation is 2. The average Bonchev–Trinajstić information content (AvgIpc) is 3.37. The molecule has 0 radical (unpaired) electrons. The normalized spacial score (nSPS) is 18.0. The minimum absolute atomic E-state index is 0.498. The highest BCUT2D eigenvalue weighted by Gasteiger charge is 2.20. The molecule has 1 aromatic heterocycles. The summed E-state index contributed by atoms with van der Waals surface area (Å²) in [5, 5.41) is 10.6. The maximum atomic E-state index is 4.42. The Balaban J connectivity index is 1.26. The Hall–Kier alpha value is -2.01. The summed E-state index contributed by atoms with van der Waals surface area (Å²) in [6.07, 6.45) is 6.09. The van der Waals surface area contributed by atoms with Gasteiger partial charge in [0.2, 0.25) is 0 Å². The second kappa shape index (κ2) is 8.12. The van der Waals surface area contributed by atoms with E-state index in [2.05, 4.69) is 56.2 Å². The van der Waals surface area contributed by atoms with Crippen LogP contribution in [0.5, 0.6) is 0 Å². The Kier molecular flexibility index (Phi) is 5.44. The van der Waals surface area contributed by atoms with E-state index in [-0.39, 0.29) is 0 Å². The van der Waals surface area contributed by atoms with Crippen LogP contribution in [-0.2, 0) is 19.4 Å². The molecule has 26 heavy (non-hydrogen) atoms. The molecule has 2 aromatic rings. The molecule has 1 aromatic carbocycles. The third-order valence-corrected chi connectivity index (χ3v) is 6.43. The maximum Gasteiger partial charge on any atom is 0.191 e. The average molecular weight is 369 g/mol. The predicted octanol–water partition coefficient (Wildman–Crippen LogP) is 3.57. The van der Waals surface area contributed by atoms with Crippen molar-refractivity contribution in [1.82, 2.24) is 10.6 Å². The molecular weight excluding hydrogens is 340 g/mol. The van der Waals surface area contributed by atoms with Crippen LogP contribution >= 0.6 is 11.3 Å². The van der Waals surface area contributed by atoms with Crippen molar-refractivity contribution in [3.05, 3.63) is 52.4 Å². The number of thiophene rings is 1. The molecule has 1 saturated heterocycles. The number of fused-ring (bicyclic) bond motifs is 1. The van der Waals surface area contributed by atoms with E-state index in [9.17, 15) is 0 Å². The molecule has 0 atom stereocenters. The van der Waals surface area contributed by atoms with E-state index in [0.29, 0.717) is 6.04 Å². The number of hydrogen-bond acceptors (Lipinski definition) is 3. The molecular formula is C21H28N4S. The van der Waals surface area contributed by atoms with E-state index in [1.54, 1.807) is 0 Å². The zero-order chi connectivity index (χ0) is 17.8. The van der Waals surface area contributed by atoms with Gasteiger partial charge in [-0.1, -0.05) is 18.2 Å². The smallest absolute Gasteiger partial charge is 0.191 e. The van der Waals surface area contributed by atoms with E-state index in [1.807, 2.05) is 18.4 Å². The Labute approximate surface area is 160 Å². The van der Waals surface area contributed by atoms with E-state index in [4.69, 9.17) is 0 Å². The van der Waals surface area contributed by atoms with Gasteiger partial charge in [-0.05, 0) is 66.3 Å². The van der Waals surface area contributed by atoms with Crippen molar-refractivity contribution < 1.29 is 0 Å². The number of hydrogen-bond donors (Lipinski definition) is 2. The number of nitrogens with one attached hydrogen (secondary N) is 2. The van der Waals surface area contributed by atoms with Crippen molar-refractivity contribution in [3.8, 4) is 0 Å². The number of anilines is 1. The van der Waals surface area contributed by atoms with Crippen LogP contribution < -0.4 is 15.5 Å². The number of piperidine rings is 1. The molecule has 0 bridgehead atoms. The Bertz CT molecular complexity index is 745. The highest BCUT2D eigenvalue weighted by molar-refractivity contribution is 7.14. The zero-order valence-electron chi connectivity index (χ0n) is 15.5. The summed E-state index contributed by atoms with van der Waals surface area (Å²) in [5.74, 6) is 0.917. The molecule has 0 amide bonds. The zero-order valence-corrected chi connectivity index (χ0v) is 16.3. The maximum absolute atomic E-state index is 4.42. The molecule has 4 rings (SSSR count). The Morgan fingerprint density at radius 2 is 2.04 bits per heavy atom. The van der Waals surface area contributed by atoms with Gasteiger partial charge in [0.05, 0.1) is 5.00 Å². The summed E-state index contributed by atoms with van der Waals surface area (Å²) in [5.41, 5.74) is 4.42. The Morgan fingerprint density at radius 3 is 2.81 bits per heavy atom. The van der Waals surface area contributed by atoms with E-state index < -0.39 is 0 Å². The summed E-state index contributed by atoms with van der Waals surface area (Å²) in [6.45, 7) is 3.06. The van der Waals surface area contributed by atoms with Crippen LogP contribution in [0.25, 0.3) is 0 Å². The van der Waals surface area contributed by atoms with Crippen LogP contribution in [0.2, 0.25) is 0 Å². The number of guanidine groups is 1. The molecule has 0 spiro atoms. The van der Waals surface area contributed by atoms with Crippen molar-refractivity contribution >= 4 is 22.3 Å². The minimum atomic E-state index is 0.498. The lowest BCUT2D eigenvalue weighted by Crippen LogP contribution is -2.48. The Morgan fingerprint density at radius 1 is 1.19 bits per heavy atom. The van der Waals surface area contributed by atoms with Gasteiger partial charge in [-0.2, -0.15) is 0 Å². The number of benzene rings is 1. The van der Waals surface area contributed by atoms with Crippen LogP contribution in [0, 0.1) is 0 Å². The standard InChI is InChI=1S/C21H28N4S/c1-22-21(23-15-16-7-8-17-4-2-5-18(17)14-16)24-19-9-11-25(12-10-19)20-6-3-13-26-20/h3,6-8,13-14,19H,2,4-5,9-12,15H2,1H3,(H2,22,23,24). The van der Waals surface area contributed by atoms with Crippen LogP contribution in [0.3, 0.4) is 0 Å². The lowest BCUT2D eigenvalue weighted by Gasteiger charge is -2.33. The van der Waals surface area contributed by atoms with Crippen molar-refractivity contribution in [3.63, 3.8) is 0 Å². The number of aliphatic imine (C=N–C) groups is 1. The molecule has 1 aliphatic heterocycles. The highest BCUT2D eigenvalue weighted by atomic mass is 32.1. The molecule has 4 nitrogen and oxygen atoms in total. The van der Waals surface area contributed by atoms with Crippen molar-refractivity contribution in [2.45, 2.75) is 44.7 Å². The second-order valence-electron chi connectivity index (χ2n) is 7.24. The molecule has 0 saturated carbocycles. The fourth-order valence-electron chi connectivity index (χ4n) is 4.00. The molecule has 2 N–H and O–H groups in total. The fraction of sp³-hybridized carbons (Fsp3) is 0.476. The van der Waals surface area contributed by atoms with Crippen molar-refractivity contribution in [2.75, 3.05) is 25.0 Å². The van der Waals surface area contributed by atoms with E-state index in [0.717, 1.165) is 38.4 Å². The largest absolute Gasteiger partial charge is 0.363 e. The number of rotatable bonds is 4. The van der Waals surface area contributed by atoms with Gasteiger partial charge in [-0.3, -0.25) is 4.99 Å². The third-order valence-electron chi connectivity index (χ3n) is 5.50. The van der Waals surface area contributed by atoms with Crippen LogP contribution in [0.1, 0.15) is 36.0 Å². The van der Waals surface area contributed by atoms with Gasteiger partial charge >= 0.3 is 0 Å². The first-order valence-electron chi connectivity index (χ1n) is 9.68. The number of nitrogens with zero attached hydrogens (tertiary/aromatic N) is 2. The second-order valence-corrected chi connectivity index (χ2v) is 8.17. The summed E-state index contributed by atoms with van der Waals surface area (Å²) >= 11 is 1.83. The molecule has 0 unspecified atom stereocenters. The predicted molar refractivity (Wildman–Crippen MR) is 111 cm³/mol. The fourth-order valence-corrected chi connectivity index (χ4v) is 4.79. The summed E-state index contributed by atoms with van der Waals surface area (Å²) in [4.78, 5) is 6.91. The molecule has 1 aliphatic carbocycles. The van der Waals surface area contributed by atoms with Crippen LogP contribution in [0.15, 0.2) is 40.7 Å². The van der Waals surface area contributed by atoms with Crippen LogP contribution in [-0.4, -0.2) is 32.1 Å². The van der Waals surface area contributed by atoms with Crippen molar-refractivity contribution in [1.29, 1.82) is 0 Å². The van der Waals surface area contributed by atoms with E-state index in [1.165, 1.54) is 41.0 Å². The SMILES string of the molecule is CN=C(NCc1ccc2c(c1)CCC2)NC1CCN(c2cccs2)CC1. The summed E-state index contributed by atoms with van der Waals surface area (Å²) in [7, 11) is 1.86. The monoisotopic (exact) mass is 368 g/mol. The highest BCUT2D eigenvalue weighted by Crippen LogP contribution is 2.25. The van der Waals surface area contributed by atoms with Crippen LogP contribution in [0.4, 0.5) is 5.00 Å². The molecule has 1 fully saturated rings. The van der Waals surface area contributed by atoms with Crippen molar-refractivity contribution in [2.24, 2.45) is 4.99 Å².